The van der Waals surface area contributed by atoms with Crippen molar-refractivity contribution in [2.75, 3.05) is 53.7 Å². The van der Waals surface area contributed by atoms with Gasteiger partial charge in [0.25, 0.3) is 5.91 Å². The van der Waals surface area contributed by atoms with E-state index in [1.807, 2.05) is 84.9 Å². The number of carbonyl (C=O) groups is 6. The first kappa shape index (κ1) is 50.0. The minimum atomic E-state index is -1.02. The Hall–Kier alpha value is -7.36. The highest BCUT2D eigenvalue weighted by atomic mass is 16.5. The lowest BCUT2D eigenvalue weighted by Crippen LogP contribution is -2.47. The average molecular weight is 964 g/mol. The number of benzene rings is 5. The van der Waals surface area contributed by atoms with Crippen molar-refractivity contribution in [3.63, 3.8) is 0 Å². The molecule has 5 aromatic carbocycles. The van der Waals surface area contributed by atoms with E-state index in [0.29, 0.717) is 88.6 Å². The quantitative estimate of drug-likeness (QED) is 0.0711. The summed E-state index contributed by atoms with van der Waals surface area (Å²) in [6.45, 7) is 4.34. The number of alkyl carbamates (subject to hydrolysis) is 1. The zero-order valence-electron chi connectivity index (χ0n) is 40.5. The van der Waals surface area contributed by atoms with Crippen molar-refractivity contribution < 1.29 is 47.7 Å². The number of fused-ring (bicyclic) bond motifs is 3. The van der Waals surface area contributed by atoms with E-state index in [9.17, 15) is 28.8 Å². The fraction of sp³-hybridized carbons (Fsp3) is 0.357. The van der Waals surface area contributed by atoms with Crippen LogP contribution in [0.4, 0.5) is 4.79 Å². The van der Waals surface area contributed by atoms with E-state index in [0.717, 1.165) is 38.5 Å². The minimum Gasteiger partial charge on any atom is -0.491 e. The maximum Gasteiger partial charge on any atom is 0.407 e. The van der Waals surface area contributed by atoms with Gasteiger partial charge in [-0.3, -0.25) is 24.0 Å². The molecule has 2 fully saturated rings. The molecule has 4 amide bonds. The molecular weight excluding hydrogens is 903 g/mol. The highest BCUT2D eigenvalue weighted by Gasteiger charge is 2.39. The number of amides is 4. The molecule has 15 heteroatoms. The Labute approximate surface area is 413 Å². The topological polar surface area (TPSA) is 175 Å². The maximum absolute atomic E-state index is 14.3. The van der Waals surface area contributed by atoms with Gasteiger partial charge in [-0.15, -0.1) is 0 Å². The van der Waals surface area contributed by atoms with Gasteiger partial charge in [-0.2, -0.15) is 0 Å². The van der Waals surface area contributed by atoms with Crippen LogP contribution < -0.4 is 15.4 Å². The number of aromatic nitrogens is 1. The van der Waals surface area contributed by atoms with Crippen molar-refractivity contribution in [3.05, 3.63) is 149 Å². The monoisotopic (exact) mass is 963 g/mol. The molecule has 0 bridgehead atoms. The predicted octanol–water partition coefficient (Wildman–Crippen LogP) is 7.06. The molecule has 2 saturated heterocycles. The lowest BCUT2D eigenvalue weighted by molar-refractivity contribution is -0.140. The number of carbonyl (C=O) groups excluding carboxylic acids is 6. The highest BCUT2D eigenvalue weighted by Crippen LogP contribution is 2.34. The summed E-state index contributed by atoms with van der Waals surface area (Å²) in [6.07, 6.45) is 1.76. The van der Waals surface area contributed by atoms with Crippen LogP contribution in [0.5, 0.6) is 5.75 Å². The van der Waals surface area contributed by atoms with Gasteiger partial charge in [-0.25, -0.2) is 4.79 Å². The van der Waals surface area contributed by atoms with Crippen LogP contribution in [0.25, 0.3) is 21.8 Å². The van der Waals surface area contributed by atoms with Gasteiger partial charge in [0.1, 0.15) is 24.4 Å². The third-order valence-corrected chi connectivity index (χ3v) is 13.3. The molecule has 2 aliphatic heterocycles. The number of nitrogens with one attached hydrogen (secondary N) is 2. The lowest BCUT2D eigenvalue weighted by atomic mass is 9.98. The molecule has 1 aromatic heterocycles. The van der Waals surface area contributed by atoms with Gasteiger partial charge >= 0.3 is 6.09 Å². The Bertz CT molecular complexity index is 2870. The van der Waals surface area contributed by atoms with Crippen molar-refractivity contribution in [2.24, 2.45) is 0 Å². The standard InChI is InChI=1S/C56H61N5O10/c1-37(62)57-52(41-14-6-4-7-15-41)54(65)59-25-11-19-46(59)50(63)34-38-21-23-44-45-24-22-39(33-49(45)61(48(44)32-38)36-40-13-10-18-43(31-40)71-30-29-70-28-27-68-2)35-51(64)47-20-12-26-60(47)55(66)53(58-56(67)69-3)42-16-8-5-9-17-42/h4-10,13-18,21-24,31-33,46-47,52-53H,11-12,19-20,25-30,34-36H2,1-3H3,(H,57,62)(H,58,67)/t46-,47-,52+,53+/m0/s1. The molecule has 0 spiro atoms. The van der Waals surface area contributed by atoms with E-state index < -0.39 is 30.3 Å². The molecule has 2 aliphatic rings. The van der Waals surface area contributed by atoms with Gasteiger partial charge in [0.05, 0.1) is 39.0 Å². The van der Waals surface area contributed by atoms with E-state index in [4.69, 9.17) is 18.9 Å². The third kappa shape index (κ3) is 12.0. The van der Waals surface area contributed by atoms with Gasteiger partial charge in [-0.05, 0) is 77.8 Å². The van der Waals surface area contributed by atoms with Crippen LogP contribution in [-0.4, -0.2) is 116 Å². The Balaban J connectivity index is 1.07. The Morgan fingerprint density at radius 3 is 1.65 bits per heavy atom. The number of rotatable bonds is 21. The number of methoxy groups -OCH3 is 2. The second-order valence-electron chi connectivity index (χ2n) is 18.1. The van der Waals surface area contributed by atoms with E-state index in [2.05, 4.69) is 15.2 Å². The molecule has 0 saturated carbocycles. The second kappa shape index (κ2) is 23.5. The zero-order chi connectivity index (χ0) is 49.9. The van der Waals surface area contributed by atoms with Gasteiger partial charge in [0.2, 0.25) is 11.8 Å². The number of nitrogens with zero attached hydrogens (tertiary/aromatic N) is 3. The Morgan fingerprint density at radius 1 is 0.592 bits per heavy atom. The summed E-state index contributed by atoms with van der Waals surface area (Å²) in [7, 11) is 2.87. The number of likely N-dealkylation sites (tertiary alicyclic amines) is 2. The normalized spacial score (nSPS) is 16.4. The van der Waals surface area contributed by atoms with Crippen LogP contribution in [-0.2, 0) is 57.6 Å². The Kier molecular flexibility index (Phi) is 16.6. The molecule has 0 radical (unpaired) electrons. The summed E-state index contributed by atoms with van der Waals surface area (Å²) in [4.78, 5) is 84.7. The summed E-state index contributed by atoms with van der Waals surface area (Å²) >= 11 is 0. The first-order valence-electron chi connectivity index (χ1n) is 24.2. The van der Waals surface area contributed by atoms with Gasteiger partial charge in [0, 0.05) is 68.3 Å². The molecule has 6 aromatic rings. The molecule has 370 valence electrons. The highest BCUT2D eigenvalue weighted by molar-refractivity contribution is 6.09. The van der Waals surface area contributed by atoms with Crippen molar-refractivity contribution >= 4 is 57.2 Å². The number of hydrogen-bond acceptors (Lipinski definition) is 10. The largest absolute Gasteiger partial charge is 0.491 e. The van der Waals surface area contributed by atoms with Crippen LogP contribution in [0.3, 0.4) is 0 Å². The number of ether oxygens (including phenoxy) is 4. The van der Waals surface area contributed by atoms with Crippen LogP contribution in [0, 0.1) is 0 Å². The van der Waals surface area contributed by atoms with E-state index >= 15 is 0 Å². The summed E-state index contributed by atoms with van der Waals surface area (Å²) in [5.74, 6) is -0.523. The fourth-order valence-corrected chi connectivity index (χ4v) is 9.90. The lowest BCUT2D eigenvalue weighted by Gasteiger charge is -2.28. The van der Waals surface area contributed by atoms with E-state index in [1.54, 1.807) is 53.3 Å². The molecule has 4 atom stereocenters. The maximum atomic E-state index is 14.3. The fourth-order valence-electron chi connectivity index (χ4n) is 9.90. The molecule has 8 rings (SSSR count). The Morgan fingerprint density at radius 2 is 1.13 bits per heavy atom. The predicted molar refractivity (Wildman–Crippen MR) is 268 cm³/mol. The van der Waals surface area contributed by atoms with Crippen LogP contribution in [0.2, 0.25) is 0 Å². The van der Waals surface area contributed by atoms with Crippen molar-refractivity contribution in [1.29, 1.82) is 0 Å². The smallest absolute Gasteiger partial charge is 0.407 e. The van der Waals surface area contributed by atoms with Crippen LogP contribution in [0.15, 0.2) is 121 Å². The molecule has 3 heterocycles. The van der Waals surface area contributed by atoms with Gasteiger partial charge in [-0.1, -0.05) is 97.1 Å². The summed E-state index contributed by atoms with van der Waals surface area (Å²) < 4.78 is 23.8. The second-order valence-corrected chi connectivity index (χ2v) is 18.1. The molecule has 0 aliphatic carbocycles. The zero-order valence-corrected chi connectivity index (χ0v) is 40.5. The molecule has 2 N–H and O–H groups in total. The molecule has 0 unspecified atom stereocenters. The first-order chi connectivity index (χ1) is 34.5. The number of Topliss-reactive ketones (excluding diaryl/α,β-unsaturated/α-hetero) is 2. The van der Waals surface area contributed by atoms with Gasteiger partial charge in [0.15, 0.2) is 11.6 Å². The van der Waals surface area contributed by atoms with E-state index in [1.165, 1.54) is 14.0 Å². The van der Waals surface area contributed by atoms with Crippen LogP contribution >= 0.6 is 0 Å². The average Bonchev–Trinajstić information content (AvgIpc) is 4.15. The molecular formula is C56H61N5O10. The summed E-state index contributed by atoms with van der Waals surface area (Å²) in [5, 5.41) is 7.40. The number of ketones is 2. The SMILES string of the molecule is COCCOCCOc1cccc(Cn2c3cc(CC(=O)[C@@H]4CCCN4C(=O)[C@H](NC(C)=O)c4ccccc4)ccc3c3ccc(CC(=O)[C@@H]4CCCN4C(=O)[C@H](NC(=O)OC)c4ccccc4)cc32)c1. The van der Waals surface area contributed by atoms with Crippen molar-refractivity contribution in [2.45, 2.75) is 76.2 Å². The number of hydrogen-bond donors (Lipinski definition) is 2. The van der Waals surface area contributed by atoms with Crippen LogP contribution in [0.1, 0.15) is 72.5 Å². The van der Waals surface area contributed by atoms with Gasteiger partial charge < -0.3 is 43.9 Å². The molecule has 15 nitrogen and oxygen atoms in total. The first-order valence-corrected chi connectivity index (χ1v) is 24.2. The summed E-state index contributed by atoms with van der Waals surface area (Å²) in [5.41, 5.74) is 5.53. The molecule has 71 heavy (non-hydrogen) atoms. The third-order valence-electron chi connectivity index (χ3n) is 13.3. The van der Waals surface area contributed by atoms with E-state index in [-0.39, 0.29) is 42.1 Å². The van der Waals surface area contributed by atoms with Crippen molar-refractivity contribution in [3.8, 4) is 5.75 Å². The summed E-state index contributed by atoms with van der Waals surface area (Å²) in [6, 6.07) is 34.6. The minimum absolute atomic E-state index is 0.0749. The van der Waals surface area contributed by atoms with Crippen molar-refractivity contribution in [1.82, 2.24) is 25.0 Å².